The van der Waals surface area contributed by atoms with Crippen LogP contribution in [0.25, 0.3) is 10.9 Å². The van der Waals surface area contributed by atoms with Gasteiger partial charge < -0.3 is 25.4 Å². The summed E-state index contributed by atoms with van der Waals surface area (Å²) in [5.41, 5.74) is 2.40. The third-order valence-corrected chi connectivity index (χ3v) is 7.18. The Balaban J connectivity index is 1.41. The molecule has 7 heteroatoms. The fourth-order valence-electron chi connectivity index (χ4n) is 5.48. The van der Waals surface area contributed by atoms with Crippen LogP contribution in [-0.2, 0) is 11.3 Å². The first-order chi connectivity index (χ1) is 15.8. The van der Waals surface area contributed by atoms with Crippen molar-refractivity contribution in [2.75, 3.05) is 6.54 Å². The summed E-state index contributed by atoms with van der Waals surface area (Å²) in [7, 11) is 0. The number of carbonyl (C=O) groups is 2. The third kappa shape index (κ3) is 5.41. The van der Waals surface area contributed by atoms with Gasteiger partial charge >= 0.3 is 0 Å². The van der Waals surface area contributed by atoms with Crippen LogP contribution in [0.1, 0.15) is 74.8 Å². The van der Waals surface area contributed by atoms with Gasteiger partial charge in [-0.2, -0.15) is 0 Å². The molecule has 2 aliphatic rings. The molecule has 0 saturated heterocycles. The lowest BCUT2D eigenvalue weighted by Gasteiger charge is -2.33. The molecule has 7 nitrogen and oxygen atoms in total. The van der Waals surface area contributed by atoms with Crippen molar-refractivity contribution in [3.05, 3.63) is 35.5 Å². The van der Waals surface area contributed by atoms with Crippen molar-refractivity contribution in [1.29, 1.82) is 0 Å². The van der Waals surface area contributed by atoms with Gasteiger partial charge in [0.25, 0.3) is 5.91 Å². The van der Waals surface area contributed by atoms with E-state index >= 15 is 0 Å². The molecule has 180 valence electrons. The number of amides is 2. The zero-order valence-corrected chi connectivity index (χ0v) is 19.7. The number of benzene rings is 1. The van der Waals surface area contributed by atoms with Gasteiger partial charge in [0.1, 0.15) is 18.3 Å². The number of aliphatic hydroxyl groups is 2. The number of aliphatic hydroxyl groups excluding tert-OH is 2. The van der Waals surface area contributed by atoms with Crippen LogP contribution in [0, 0.1) is 11.8 Å². The number of hydrogen-bond acceptors (Lipinski definition) is 4. The number of aromatic amines is 1. The lowest BCUT2D eigenvalue weighted by molar-refractivity contribution is -0.124. The Morgan fingerprint density at radius 3 is 2.64 bits per heavy atom. The molecule has 1 aliphatic carbocycles. The van der Waals surface area contributed by atoms with Gasteiger partial charge in [0.15, 0.2) is 0 Å². The molecule has 1 saturated carbocycles. The molecular formula is C26H37N3O4. The summed E-state index contributed by atoms with van der Waals surface area (Å²) in [4.78, 5) is 30.6. The molecular weight excluding hydrogens is 418 g/mol. The SMILES string of the molecule is CC(C)C[C@H](O)[C@@H](O)[C@H](CC1CCCCC1)NC(=O)CN1Cc2c([nH]c3ccccc23)C1=O. The Morgan fingerprint density at radius 1 is 1.18 bits per heavy atom. The maximum absolute atomic E-state index is 13.0. The first-order valence-corrected chi connectivity index (χ1v) is 12.4. The molecule has 2 aromatic rings. The van der Waals surface area contributed by atoms with E-state index in [4.69, 9.17) is 0 Å². The summed E-state index contributed by atoms with van der Waals surface area (Å²) < 4.78 is 0. The summed E-state index contributed by atoms with van der Waals surface area (Å²) in [5.74, 6) is 0.200. The summed E-state index contributed by atoms with van der Waals surface area (Å²) in [6, 6.07) is 7.27. The van der Waals surface area contributed by atoms with Crippen LogP contribution < -0.4 is 5.32 Å². The van der Waals surface area contributed by atoms with Gasteiger partial charge in [-0.05, 0) is 30.7 Å². The quantitative estimate of drug-likeness (QED) is 0.465. The largest absolute Gasteiger partial charge is 0.390 e. The molecule has 1 aromatic heterocycles. The van der Waals surface area contributed by atoms with Crippen LogP contribution in [0.2, 0.25) is 0 Å². The molecule has 0 spiro atoms. The second-order valence-corrected chi connectivity index (χ2v) is 10.3. The molecule has 4 rings (SSSR count). The number of fused-ring (bicyclic) bond motifs is 3. The highest BCUT2D eigenvalue weighted by atomic mass is 16.3. The van der Waals surface area contributed by atoms with E-state index in [1.165, 1.54) is 24.2 Å². The van der Waals surface area contributed by atoms with E-state index in [-0.39, 0.29) is 24.3 Å². The number of nitrogens with zero attached hydrogens (tertiary/aromatic N) is 1. The summed E-state index contributed by atoms with van der Waals surface area (Å²) in [6.45, 7) is 4.32. The van der Waals surface area contributed by atoms with Crippen LogP contribution in [0.15, 0.2) is 24.3 Å². The molecule has 1 fully saturated rings. The lowest BCUT2D eigenvalue weighted by atomic mass is 9.82. The molecule has 1 aliphatic heterocycles. The molecule has 0 unspecified atom stereocenters. The second-order valence-electron chi connectivity index (χ2n) is 10.3. The van der Waals surface area contributed by atoms with E-state index in [1.807, 2.05) is 38.1 Å². The Kier molecular flexibility index (Phi) is 7.39. The smallest absolute Gasteiger partial charge is 0.271 e. The van der Waals surface area contributed by atoms with Crippen LogP contribution in [0.5, 0.6) is 0 Å². The average Bonchev–Trinajstić information content (AvgIpc) is 3.29. The number of carbonyl (C=O) groups excluding carboxylic acids is 2. The predicted octanol–water partition coefficient (Wildman–Crippen LogP) is 3.35. The van der Waals surface area contributed by atoms with Gasteiger partial charge in [0.05, 0.1) is 12.1 Å². The van der Waals surface area contributed by atoms with Crippen molar-refractivity contribution in [3.63, 3.8) is 0 Å². The number of nitrogens with one attached hydrogen (secondary N) is 2. The van der Waals surface area contributed by atoms with E-state index < -0.39 is 18.2 Å². The lowest BCUT2D eigenvalue weighted by Crippen LogP contribution is -2.52. The monoisotopic (exact) mass is 455 g/mol. The minimum absolute atomic E-state index is 0.0656. The number of H-pyrrole nitrogens is 1. The first kappa shape index (κ1) is 23.8. The van der Waals surface area contributed by atoms with Crippen LogP contribution in [-0.4, -0.2) is 56.7 Å². The fraction of sp³-hybridized carbons (Fsp3) is 0.615. The van der Waals surface area contributed by atoms with Crippen molar-refractivity contribution in [2.45, 2.75) is 83.6 Å². The highest BCUT2D eigenvalue weighted by molar-refractivity contribution is 6.05. The average molecular weight is 456 g/mol. The number of rotatable bonds is 9. The van der Waals surface area contributed by atoms with Gasteiger partial charge in [-0.15, -0.1) is 0 Å². The van der Waals surface area contributed by atoms with E-state index in [0.29, 0.717) is 31.0 Å². The van der Waals surface area contributed by atoms with Gasteiger partial charge in [-0.3, -0.25) is 9.59 Å². The maximum atomic E-state index is 13.0. The fourth-order valence-corrected chi connectivity index (χ4v) is 5.48. The van der Waals surface area contributed by atoms with Gasteiger partial charge in [-0.1, -0.05) is 64.2 Å². The highest BCUT2D eigenvalue weighted by Gasteiger charge is 2.34. The van der Waals surface area contributed by atoms with Crippen molar-refractivity contribution in [2.24, 2.45) is 11.8 Å². The molecule has 3 atom stereocenters. The minimum Gasteiger partial charge on any atom is -0.390 e. The summed E-state index contributed by atoms with van der Waals surface area (Å²) in [6.07, 6.45) is 4.97. The van der Waals surface area contributed by atoms with Gasteiger partial charge in [0.2, 0.25) is 5.91 Å². The van der Waals surface area contributed by atoms with Gasteiger partial charge in [-0.25, -0.2) is 0 Å². The molecule has 33 heavy (non-hydrogen) atoms. The summed E-state index contributed by atoms with van der Waals surface area (Å²) in [5, 5.41) is 25.4. The normalized spacial score (nSPS) is 19.7. The zero-order valence-electron chi connectivity index (χ0n) is 19.7. The standard InChI is InChI=1S/C26H37N3O4/c1-16(2)12-22(30)25(32)21(13-17-8-4-3-5-9-17)27-23(31)15-29-14-19-18-10-6-7-11-20(18)28-24(19)26(29)33/h6-7,10-11,16-17,21-22,25,28,30,32H,3-5,8-9,12-15H2,1-2H3,(H,27,31)/t21-,22-,25-/m0/s1. The van der Waals surface area contributed by atoms with Crippen molar-refractivity contribution < 1.29 is 19.8 Å². The Morgan fingerprint density at radius 2 is 1.91 bits per heavy atom. The van der Waals surface area contributed by atoms with E-state index in [1.54, 1.807) is 0 Å². The van der Waals surface area contributed by atoms with Crippen LogP contribution >= 0.6 is 0 Å². The first-order valence-electron chi connectivity index (χ1n) is 12.4. The van der Waals surface area contributed by atoms with Crippen LogP contribution in [0.4, 0.5) is 0 Å². The number of para-hydroxylation sites is 1. The van der Waals surface area contributed by atoms with Crippen LogP contribution in [0.3, 0.4) is 0 Å². The van der Waals surface area contributed by atoms with E-state index in [0.717, 1.165) is 29.3 Å². The Labute approximate surface area is 195 Å². The number of aromatic nitrogens is 1. The van der Waals surface area contributed by atoms with E-state index in [9.17, 15) is 19.8 Å². The minimum atomic E-state index is -1.02. The van der Waals surface area contributed by atoms with Crippen molar-refractivity contribution in [1.82, 2.24) is 15.2 Å². The van der Waals surface area contributed by atoms with Crippen molar-refractivity contribution in [3.8, 4) is 0 Å². The topological polar surface area (TPSA) is 106 Å². The molecule has 4 N–H and O–H groups in total. The Bertz CT molecular complexity index is 979. The zero-order chi connectivity index (χ0) is 23.5. The van der Waals surface area contributed by atoms with Gasteiger partial charge in [0, 0.05) is 23.0 Å². The maximum Gasteiger partial charge on any atom is 0.271 e. The second kappa shape index (κ2) is 10.3. The molecule has 2 heterocycles. The predicted molar refractivity (Wildman–Crippen MR) is 128 cm³/mol. The Hall–Kier alpha value is -2.38. The highest BCUT2D eigenvalue weighted by Crippen LogP contribution is 2.31. The van der Waals surface area contributed by atoms with Crippen molar-refractivity contribution >= 4 is 22.7 Å². The molecule has 1 aromatic carbocycles. The van der Waals surface area contributed by atoms with E-state index in [2.05, 4.69) is 10.3 Å². The summed E-state index contributed by atoms with van der Waals surface area (Å²) >= 11 is 0. The molecule has 2 amide bonds. The molecule has 0 radical (unpaired) electrons. The third-order valence-electron chi connectivity index (χ3n) is 7.18. The molecule has 0 bridgehead atoms. The number of hydrogen-bond donors (Lipinski definition) is 4.